The van der Waals surface area contributed by atoms with Gasteiger partial charge in [0.1, 0.15) is 0 Å². The first-order valence-electron chi connectivity index (χ1n) is 5.09. The van der Waals surface area contributed by atoms with E-state index in [0.29, 0.717) is 13.0 Å². The zero-order valence-corrected chi connectivity index (χ0v) is 9.59. The Hall–Kier alpha value is -0.960. The van der Waals surface area contributed by atoms with Gasteiger partial charge in [0.05, 0.1) is 6.61 Å². The quantitative estimate of drug-likeness (QED) is 0.311. The van der Waals surface area contributed by atoms with Crippen LogP contribution in [-0.2, 0) is 9.53 Å². The van der Waals surface area contributed by atoms with E-state index in [-0.39, 0.29) is 5.97 Å². The van der Waals surface area contributed by atoms with Crippen LogP contribution in [0.4, 0.5) is 0 Å². The summed E-state index contributed by atoms with van der Waals surface area (Å²) in [5.41, 5.74) is 1.21. The van der Waals surface area contributed by atoms with Crippen LogP contribution >= 0.6 is 11.8 Å². The summed E-state index contributed by atoms with van der Waals surface area (Å²) >= 11 is 1.80. The fourth-order valence-electron chi connectivity index (χ4n) is 1.17. The number of hydrogen-bond acceptors (Lipinski definition) is 3. The van der Waals surface area contributed by atoms with E-state index in [1.807, 2.05) is 6.08 Å². The van der Waals surface area contributed by atoms with Crippen LogP contribution in [0.25, 0.3) is 0 Å². The summed E-state index contributed by atoms with van der Waals surface area (Å²) in [6.45, 7) is 3.97. The number of hydrogen-bond donors (Lipinski definition) is 0. The zero-order chi connectivity index (χ0) is 10.9. The van der Waals surface area contributed by atoms with Crippen LogP contribution in [0.15, 0.2) is 35.8 Å². The van der Waals surface area contributed by atoms with Crippen molar-refractivity contribution in [2.24, 2.45) is 0 Å². The van der Waals surface area contributed by atoms with Gasteiger partial charge in [-0.3, -0.25) is 0 Å². The molecule has 0 aromatic carbocycles. The molecule has 1 aliphatic heterocycles. The fraction of sp³-hybridized carbons (Fsp3) is 0.417. The molecule has 0 saturated carbocycles. The molecule has 0 aliphatic carbocycles. The van der Waals surface area contributed by atoms with Crippen molar-refractivity contribution in [3.05, 3.63) is 35.8 Å². The highest BCUT2D eigenvalue weighted by molar-refractivity contribution is 8.02. The van der Waals surface area contributed by atoms with E-state index in [2.05, 4.69) is 12.0 Å². The third kappa shape index (κ3) is 5.47. The predicted octanol–water partition coefficient (Wildman–Crippen LogP) is 3.07. The maximum absolute atomic E-state index is 11.2. The standard InChI is InChI=1S/C12H16O2S/c1-2-3-8-14-12(13)7-6-11-5-4-9-15-10-11/h2,6-7,10H,1,3-5,8-9H2/b7-6+. The van der Waals surface area contributed by atoms with Crippen molar-refractivity contribution in [3.63, 3.8) is 0 Å². The van der Waals surface area contributed by atoms with Gasteiger partial charge in [0.15, 0.2) is 0 Å². The number of thioether (sulfide) groups is 1. The molecule has 0 bridgehead atoms. The van der Waals surface area contributed by atoms with Gasteiger partial charge in [-0.15, -0.1) is 18.3 Å². The molecular weight excluding hydrogens is 208 g/mol. The first-order chi connectivity index (χ1) is 7.33. The molecule has 3 heteroatoms. The third-order valence-electron chi connectivity index (χ3n) is 1.96. The number of ether oxygens (including phenoxy) is 1. The SMILES string of the molecule is C=CCCOC(=O)/C=C/C1=CSCCC1. The smallest absolute Gasteiger partial charge is 0.330 e. The van der Waals surface area contributed by atoms with Gasteiger partial charge in [0.25, 0.3) is 0 Å². The Morgan fingerprint density at radius 3 is 3.20 bits per heavy atom. The number of rotatable bonds is 5. The Morgan fingerprint density at radius 1 is 1.67 bits per heavy atom. The maximum Gasteiger partial charge on any atom is 0.330 e. The van der Waals surface area contributed by atoms with Crippen LogP contribution in [0.2, 0.25) is 0 Å². The average molecular weight is 224 g/mol. The minimum Gasteiger partial charge on any atom is -0.462 e. The van der Waals surface area contributed by atoms with Gasteiger partial charge >= 0.3 is 5.97 Å². The topological polar surface area (TPSA) is 26.3 Å². The molecule has 1 rings (SSSR count). The molecule has 0 radical (unpaired) electrons. The van der Waals surface area contributed by atoms with Crippen LogP contribution < -0.4 is 0 Å². The summed E-state index contributed by atoms with van der Waals surface area (Å²) in [4.78, 5) is 11.2. The van der Waals surface area contributed by atoms with Crippen LogP contribution in [0, 0.1) is 0 Å². The van der Waals surface area contributed by atoms with Crippen molar-refractivity contribution >= 4 is 17.7 Å². The van der Waals surface area contributed by atoms with Gasteiger partial charge in [-0.1, -0.05) is 12.2 Å². The summed E-state index contributed by atoms with van der Waals surface area (Å²) in [7, 11) is 0. The van der Waals surface area contributed by atoms with Gasteiger partial charge < -0.3 is 4.74 Å². The van der Waals surface area contributed by atoms with Crippen molar-refractivity contribution in [1.29, 1.82) is 0 Å². The molecule has 15 heavy (non-hydrogen) atoms. The molecule has 0 unspecified atom stereocenters. The lowest BCUT2D eigenvalue weighted by Crippen LogP contribution is -2.01. The molecule has 0 aromatic heterocycles. The van der Waals surface area contributed by atoms with E-state index < -0.39 is 0 Å². The minimum absolute atomic E-state index is 0.270. The van der Waals surface area contributed by atoms with E-state index in [0.717, 1.165) is 6.42 Å². The highest BCUT2D eigenvalue weighted by Gasteiger charge is 2.01. The molecule has 0 fully saturated rings. The van der Waals surface area contributed by atoms with Crippen LogP contribution in [-0.4, -0.2) is 18.3 Å². The van der Waals surface area contributed by atoms with E-state index in [4.69, 9.17) is 4.74 Å². The second-order valence-corrected chi connectivity index (χ2v) is 4.22. The lowest BCUT2D eigenvalue weighted by molar-refractivity contribution is -0.137. The molecule has 1 aliphatic rings. The molecule has 1 heterocycles. The highest BCUT2D eigenvalue weighted by atomic mass is 32.2. The molecule has 82 valence electrons. The molecule has 0 N–H and O–H groups in total. The lowest BCUT2D eigenvalue weighted by Gasteiger charge is -2.07. The van der Waals surface area contributed by atoms with Gasteiger partial charge in [-0.05, 0) is 36.0 Å². The van der Waals surface area contributed by atoms with E-state index >= 15 is 0 Å². The lowest BCUT2D eigenvalue weighted by atomic mass is 10.1. The fourth-order valence-corrected chi connectivity index (χ4v) is 2.01. The Labute approximate surface area is 95.1 Å². The average Bonchev–Trinajstić information content (AvgIpc) is 2.28. The monoisotopic (exact) mass is 224 g/mol. The Kier molecular flexibility index (Phi) is 5.93. The van der Waals surface area contributed by atoms with Crippen molar-refractivity contribution < 1.29 is 9.53 Å². The zero-order valence-electron chi connectivity index (χ0n) is 8.78. The minimum atomic E-state index is -0.270. The van der Waals surface area contributed by atoms with Crippen LogP contribution in [0.5, 0.6) is 0 Å². The Morgan fingerprint density at radius 2 is 2.53 bits per heavy atom. The highest BCUT2D eigenvalue weighted by Crippen LogP contribution is 2.21. The van der Waals surface area contributed by atoms with Crippen molar-refractivity contribution in [2.75, 3.05) is 12.4 Å². The van der Waals surface area contributed by atoms with Crippen LogP contribution in [0.3, 0.4) is 0 Å². The van der Waals surface area contributed by atoms with Gasteiger partial charge in [-0.25, -0.2) is 4.79 Å². The van der Waals surface area contributed by atoms with Crippen LogP contribution in [0.1, 0.15) is 19.3 Å². The molecule has 0 saturated heterocycles. The summed E-state index contributed by atoms with van der Waals surface area (Å²) in [5.74, 6) is 0.912. The Balaban J connectivity index is 2.26. The normalized spacial score (nSPS) is 16.1. The third-order valence-corrected chi connectivity index (χ3v) is 2.96. The van der Waals surface area contributed by atoms with Crippen molar-refractivity contribution in [3.8, 4) is 0 Å². The second-order valence-electron chi connectivity index (χ2n) is 3.25. The van der Waals surface area contributed by atoms with E-state index in [1.54, 1.807) is 17.8 Å². The van der Waals surface area contributed by atoms with E-state index in [9.17, 15) is 4.79 Å². The summed E-state index contributed by atoms with van der Waals surface area (Å²) in [6, 6.07) is 0. The molecule has 0 spiro atoms. The first-order valence-corrected chi connectivity index (χ1v) is 6.14. The number of allylic oxidation sites excluding steroid dienone is 2. The number of carbonyl (C=O) groups excluding carboxylic acids is 1. The molecule has 0 aromatic rings. The van der Waals surface area contributed by atoms with Gasteiger partial charge in [0, 0.05) is 6.08 Å². The number of esters is 1. The van der Waals surface area contributed by atoms with Gasteiger partial charge in [0.2, 0.25) is 0 Å². The predicted molar refractivity (Wildman–Crippen MR) is 64.7 cm³/mol. The van der Waals surface area contributed by atoms with E-state index in [1.165, 1.54) is 23.8 Å². The largest absolute Gasteiger partial charge is 0.462 e. The molecule has 2 nitrogen and oxygen atoms in total. The summed E-state index contributed by atoms with van der Waals surface area (Å²) in [6.07, 6.45) is 8.04. The maximum atomic E-state index is 11.2. The summed E-state index contributed by atoms with van der Waals surface area (Å²) < 4.78 is 4.94. The molecular formula is C12H16O2S. The number of carbonyl (C=O) groups is 1. The molecule has 0 atom stereocenters. The van der Waals surface area contributed by atoms with Crippen molar-refractivity contribution in [1.82, 2.24) is 0 Å². The summed E-state index contributed by atoms with van der Waals surface area (Å²) in [5, 5.41) is 2.11. The van der Waals surface area contributed by atoms with Gasteiger partial charge in [-0.2, -0.15) is 0 Å². The van der Waals surface area contributed by atoms with Crippen molar-refractivity contribution in [2.45, 2.75) is 19.3 Å². The first kappa shape index (κ1) is 12.1. The second kappa shape index (κ2) is 7.35. The Bertz CT molecular complexity index is 279. The molecule has 0 amide bonds.